The molecular weight excluding hydrogens is 340 g/mol. The van der Waals surface area contributed by atoms with E-state index in [1.165, 1.54) is 0 Å². The maximum Gasteiger partial charge on any atom is 0.268 e. The van der Waals surface area contributed by atoms with E-state index in [4.69, 9.17) is 5.73 Å². The first kappa shape index (κ1) is 21.3. The van der Waals surface area contributed by atoms with Gasteiger partial charge in [0, 0.05) is 25.8 Å². The zero-order valence-electron chi connectivity index (χ0n) is 15.0. The second-order valence-electron chi connectivity index (χ2n) is 5.87. The van der Waals surface area contributed by atoms with E-state index in [1.807, 2.05) is 50.2 Å². The number of nitrogens with zero attached hydrogens (tertiary/aromatic N) is 1. The number of amides is 2. The smallest absolute Gasteiger partial charge is 0.268 e. The molecule has 1 aromatic carbocycles. The Labute approximate surface area is 153 Å². The Morgan fingerprint density at radius 1 is 1.24 bits per heavy atom. The van der Waals surface area contributed by atoms with Crippen molar-refractivity contribution < 1.29 is 14.7 Å². The fourth-order valence-electron chi connectivity index (χ4n) is 2.06. The van der Waals surface area contributed by atoms with Crippen molar-refractivity contribution in [3.8, 4) is 0 Å². The minimum atomic E-state index is -1.35. The molecule has 0 aromatic heterocycles. The van der Waals surface area contributed by atoms with E-state index in [0.717, 1.165) is 22.8 Å². The molecule has 0 bridgehead atoms. The van der Waals surface area contributed by atoms with Crippen LogP contribution in [-0.4, -0.2) is 54.7 Å². The molecule has 0 radical (unpaired) electrons. The summed E-state index contributed by atoms with van der Waals surface area (Å²) in [5.74, 6) is 0.663. The number of aliphatic hydroxyl groups is 1. The van der Waals surface area contributed by atoms with Crippen LogP contribution in [0, 0.1) is 0 Å². The van der Waals surface area contributed by atoms with Crippen LogP contribution in [0.4, 0.5) is 5.69 Å². The van der Waals surface area contributed by atoms with Gasteiger partial charge in [-0.3, -0.25) is 20.4 Å². The summed E-state index contributed by atoms with van der Waals surface area (Å²) in [6, 6.07) is 6.88. The Hall–Kier alpha value is -1.77. The molecule has 1 rings (SSSR count). The maximum absolute atomic E-state index is 11.9. The van der Waals surface area contributed by atoms with Gasteiger partial charge in [0.2, 0.25) is 5.91 Å². The van der Waals surface area contributed by atoms with Crippen molar-refractivity contribution in [3.05, 3.63) is 29.8 Å². The van der Waals surface area contributed by atoms with Crippen LogP contribution >= 0.6 is 11.8 Å². The van der Waals surface area contributed by atoms with Gasteiger partial charge in [-0.1, -0.05) is 19.1 Å². The Bertz CT molecular complexity index is 551. The number of nitrogens with one attached hydrogen (secondary N) is 2. The molecule has 0 aliphatic carbocycles. The molecule has 140 valence electrons. The number of rotatable bonds is 9. The van der Waals surface area contributed by atoms with E-state index < -0.39 is 18.1 Å². The van der Waals surface area contributed by atoms with Crippen LogP contribution in [0.1, 0.15) is 18.9 Å². The fourth-order valence-corrected chi connectivity index (χ4v) is 2.79. The number of hydrazine groups is 1. The summed E-state index contributed by atoms with van der Waals surface area (Å²) in [6.45, 7) is 2.03. The topological polar surface area (TPSA) is 108 Å². The highest BCUT2D eigenvalue weighted by atomic mass is 32.2. The van der Waals surface area contributed by atoms with Crippen molar-refractivity contribution in [3.63, 3.8) is 0 Å². The molecule has 25 heavy (non-hydrogen) atoms. The molecule has 0 spiro atoms. The number of thioether (sulfide) groups is 1. The third-order valence-electron chi connectivity index (χ3n) is 3.62. The lowest BCUT2D eigenvalue weighted by Gasteiger charge is -2.18. The lowest BCUT2D eigenvalue weighted by atomic mass is 10.1. The lowest BCUT2D eigenvalue weighted by molar-refractivity contribution is -0.134. The van der Waals surface area contributed by atoms with Crippen molar-refractivity contribution in [2.45, 2.75) is 31.9 Å². The number of nitrogens with two attached hydrogens (primary N) is 1. The molecule has 5 N–H and O–H groups in total. The van der Waals surface area contributed by atoms with Gasteiger partial charge in [0.15, 0.2) is 0 Å². The summed E-state index contributed by atoms with van der Waals surface area (Å²) >= 11 is 1.69. The quantitative estimate of drug-likeness (QED) is 0.368. The highest BCUT2D eigenvalue weighted by Gasteiger charge is 2.22. The summed E-state index contributed by atoms with van der Waals surface area (Å²) in [6.07, 6.45) is -0.695. The summed E-state index contributed by atoms with van der Waals surface area (Å²) < 4.78 is 0. The maximum atomic E-state index is 11.9. The number of hydrogen-bond donors (Lipinski definition) is 4. The predicted octanol–water partition coefficient (Wildman–Crippen LogP) is 0.274. The van der Waals surface area contributed by atoms with Gasteiger partial charge in [-0.15, -0.1) is 0 Å². The van der Waals surface area contributed by atoms with E-state index in [9.17, 15) is 14.7 Å². The van der Waals surface area contributed by atoms with E-state index in [1.54, 1.807) is 11.8 Å². The second-order valence-corrected chi connectivity index (χ2v) is 7.26. The SMILES string of the molecule is CCSCC[C@@H](N)C(O)C(=O)NNC(=O)Cc1ccc(N(C)C)cc1. The summed E-state index contributed by atoms with van der Waals surface area (Å²) in [7, 11) is 3.88. The average molecular weight is 369 g/mol. The van der Waals surface area contributed by atoms with Crippen molar-refractivity contribution in [2.75, 3.05) is 30.5 Å². The standard InChI is InChI=1S/C17H28N4O3S/c1-4-25-10-9-14(18)16(23)17(24)20-19-15(22)11-12-5-7-13(8-6-12)21(2)3/h5-8,14,16,23H,4,9-11,18H2,1-3H3,(H,19,22)(H,20,24)/t14-,16?/m1/s1. The minimum Gasteiger partial charge on any atom is -0.382 e. The van der Waals surface area contributed by atoms with Gasteiger partial charge in [-0.05, 0) is 35.6 Å². The number of hydrogen-bond acceptors (Lipinski definition) is 6. The zero-order valence-corrected chi connectivity index (χ0v) is 15.8. The third kappa shape index (κ3) is 7.76. The first-order valence-corrected chi connectivity index (χ1v) is 9.37. The Balaban J connectivity index is 2.38. The molecule has 0 saturated heterocycles. The lowest BCUT2D eigenvalue weighted by Crippen LogP contribution is -2.52. The molecule has 2 amide bonds. The molecule has 2 atom stereocenters. The predicted molar refractivity (Wildman–Crippen MR) is 102 cm³/mol. The molecule has 7 nitrogen and oxygen atoms in total. The molecule has 1 aromatic rings. The number of carbonyl (C=O) groups is 2. The Morgan fingerprint density at radius 2 is 1.88 bits per heavy atom. The van der Waals surface area contributed by atoms with Crippen LogP contribution in [0.5, 0.6) is 0 Å². The van der Waals surface area contributed by atoms with Gasteiger partial charge in [-0.25, -0.2) is 0 Å². The molecule has 8 heteroatoms. The van der Waals surface area contributed by atoms with E-state index in [-0.39, 0.29) is 12.3 Å². The van der Waals surface area contributed by atoms with Crippen molar-refractivity contribution in [1.29, 1.82) is 0 Å². The first-order chi connectivity index (χ1) is 11.8. The normalized spacial score (nSPS) is 13.0. The third-order valence-corrected chi connectivity index (χ3v) is 4.55. The summed E-state index contributed by atoms with van der Waals surface area (Å²) in [5, 5.41) is 9.87. The molecule has 0 fully saturated rings. The van der Waals surface area contributed by atoms with Crippen LogP contribution in [-0.2, 0) is 16.0 Å². The summed E-state index contributed by atoms with van der Waals surface area (Å²) in [5.41, 5.74) is 12.2. The first-order valence-electron chi connectivity index (χ1n) is 8.21. The molecule has 0 heterocycles. The monoisotopic (exact) mass is 368 g/mol. The minimum absolute atomic E-state index is 0.128. The second kappa shape index (κ2) is 11.0. The number of carbonyl (C=O) groups excluding carboxylic acids is 2. The summed E-state index contributed by atoms with van der Waals surface area (Å²) in [4.78, 5) is 25.7. The van der Waals surface area contributed by atoms with Gasteiger partial charge in [0.1, 0.15) is 6.10 Å². The van der Waals surface area contributed by atoms with Gasteiger partial charge >= 0.3 is 0 Å². The van der Waals surface area contributed by atoms with Crippen LogP contribution in [0.15, 0.2) is 24.3 Å². The Morgan fingerprint density at radius 3 is 2.44 bits per heavy atom. The number of benzene rings is 1. The van der Waals surface area contributed by atoms with Crippen LogP contribution in [0.25, 0.3) is 0 Å². The molecule has 1 unspecified atom stereocenters. The van der Waals surface area contributed by atoms with Crippen molar-refractivity contribution in [2.24, 2.45) is 5.73 Å². The van der Waals surface area contributed by atoms with E-state index in [2.05, 4.69) is 10.9 Å². The average Bonchev–Trinajstić information content (AvgIpc) is 2.59. The van der Waals surface area contributed by atoms with Gasteiger partial charge < -0.3 is 15.7 Å². The number of aliphatic hydroxyl groups excluding tert-OH is 1. The highest BCUT2D eigenvalue weighted by Crippen LogP contribution is 2.12. The largest absolute Gasteiger partial charge is 0.382 e. The Kier molecular flexibility index (Phi) is 9.33. The van der Waals surface area contributed by atoms with E-state index in [0.29, 0.717) is 6.42 Å². The highest BCUT2D eigenvalue weighted by molar-refractivity contribution is 7.99. The van der Waals surface area contributed by atoms with E-state index >= 15 is 0 Å². The van der Waals surface area contributed by atoms with Gasteiger partial charge in [0.25, 0.3) is 5.91 Å². The van der Waals surface area contributed by atoms with Gasteiger partial charge in [-0.2, -0.15) is 11.8 Å². The van der Waals surface area contributed by atoms with Crippen LogP contribution in [0.2, 0.25) is 0 Å². The van der Waals surface area contributed by atoms with Gasteiger partial charge in [0.05, 0.1) is 6.42 Å². The zero-order chi connectivity index (χ0) is 18.8. The van der Waals surface area contributed by atoms with Crippen molar-refractivity contribution >= 4 is 29.3 Å². The van der Waals surface area contributed by atoms with Crippen LogP contribution < -0.4 is 21.5 Å². The number of anilines is 1. The van der Waals surface area contributed by atoms with Crippen molar-refractivity contribution in [1.82, 2.24) is 10.9 Å². The molecule has 0 aliphatic rings. The fraction of sp³-hybridized carbons (Fsp3) is 0.529. The van der Waals surface area contributed by atoms with Crippen LogP contribution in [0.3, 0.4) is 0 Å². The molecular formula is C17H28N4O3S. The molecule has 0 aliphatic heterocycles. The molecule has 0 saturated carbocycles.